The summed E-state index contributed by atoms with van der Waals surface area (Å²) in [6.45, 7) is 7.62. The number of aryl methyl sites for hydroxylation is 1. The summed E-state index contributed by atoms with van der Waals surface area (Å²) in [5.74, 6) is 1.94. The Hall–Kier alpha value is -0.540. The van der Waals surface area contributed by atoms with Gasteiger partial charge in [-0.3, -0.25) is 0 Å². The molecule has 0 heterocycles. The van der Waals surface area contributed by atoms with Crippen LogP contribution in [0.3, 0.4) is 0 Å². The standard InChI is InChI=1S/C18H28BrNO/c1-5-9-20-16(11-14-7-6-8-14)17-13(3)15(19)10-12(2)18(17)21-4/h10,14,16,20H,5-9,11H2,1-4H3. The van der Waals surface area contributed by atoms with E-state index in [1.807, 2.05) is 0 Å². The summed E-state index contributed by atoms with van der Waals surface area (Å²) < 4.78 is 6.93. The Bertz CT molecular complexity index is 483. The molecule has 1 fully saturated rings. The Balaban J connectivity index is 2.36. The van der Waals surface area contributed by atoms with E-state index in [1.54, 1.807) is 7.11 Å². The van der Waals surface area contributed by atoms with Crippen LogP contribution in [0.25, 0.3) is 0 Å². The molecule has 1 aliphatic rings. The molecule has 0 amide bonds. The van der Waals surface area contributed by atoms with E-state index in [2.05, 4.69) is 48.1 Å². The highest BCUT2D eigenvalue weighted by Gasteiger charge is 2.27. The fourth-order valence-electron chi connectivity index (χ4n) is 3.25. The minimum atomic E-state index is 0.404. The number of nitrogens with one attached hydrogen (secondary N) is 1. The first-order valence-electron chi connectivity index (χ1n) is 8.15. The molecule has 0 radical (unpaired) electrons. The molecule has 21 heavy (non-hydrogen) atoms. The largest absolute Gasteiger partial charge is 0.496 e. The van der Waals surface area contributed by atoms with Gasteiger partial charge in [0.15, 0.2) is 0 Å². The third kappa shape index (κ3) is 3.81. The van der Waals surface area contributed by atoms with Crippen molar-refractivity contribution in [2.24, 2.45) is 5.92 Å². The molecule has 2 rings (SSSR count). The molecule has 0 bridgehead atoms. The molecule has 1 aromatic carbocycles. The molecular weight excluding hydrogens is 326 g/mol. The third-order valence-electron chi connectivity index (χ3n) is 4.70. The predicted octanol–water partition coefficient (Wildman–Crippen LogP) is 5.31. The lowest BCUT2D eigenvalue weighted by Crippen LogP contribution is -2.28. The van der Waals surface area contributed by atoms with Gasteiger partial charge in [-0.1, -0.05) is 42.1 Å². The van der Waals surface area contributed by atoms with Gasteiger partial charge in [0, 0.05) is 16.1 Å². The van der Waals surface area contributed by atoms with E-state index in [-0.39, 0.29) is 0 Å². The molecule has 1 unspecified atom stereocenters. The lowest BCUT2D eigenvalue weighted by molar-refractivity contribution is 0.258. The minimum Gasteiger partial charge on any atom is -0.496 e. The number of ether oxygens (including phenoxy) is 1. The highest BCUT2D eigenvalue weighted by Crippen LogP contribution is 2.41. The van der Waals surface area contributed by atoms with Crippen LogP contribution in [0.15, 0.2) is 10.5 Å². The van der Waals surface area contributed by atoms with Gasteiger partial charge in [-0.2, -0.15) is 0 Å². The molecule has 118 valence electrons. The molecule has 2 nitrogen and oxygen atoms in total. The molecule has 3 heteroatoms. The summed E-state index contributed by atoms with van der Waals surface area (Å²) >= 11 is 3.71. The molecular formula is C18H28BrNO. The zero-order chi connectivity index (χ0) is 15.4. The lowest BCUT2D eigenvalue weighted by atomic mass is 9.78. The van der Waals surface area contributed by atoms with Crippen LogP contribution in [-0.4, -0.2) is 13.7 Å². The van der Waals surface area contributed by atoms with Gasteiger partial charge >= 0.3 is 0 Å². The second-order valence-electron chi connectivity index (χ2n) is 6.29. The van der Waals surface area contributed by atoms with Crippen LogP contribution >= 0.6 is 15.9 Å². The van der Waals surface area contributed by atoms with Gasteiger partial charge in [0.2, 0.25) is 0 Å². The van der Waals surface area contributed by atoms with E-state index in [0.717, 1.165) is 24.6 Å². The number of rotatable bonds is 7. The normalized spacial score (nSPS) is 16.6. The highest BCUT2D eigenvalue weighted by atomic mass is 79.9. The minimum absolute atomic E-state index is 0.404. The van der Waals surface area contributed by atoms with Gasteiger partial charge < -0.3 is 10.1 Å². The van der Waals surface area contributed by atoms with Crippen molar-refractivity contribution in [2.75, 3.05) is 13.7 Å². The van der Waals surface area contributed by atoms with Gasteiger partial charge in [-0.15, -0.1) is 0 Å². The second-order valence-corrected chi connectivity index (χ2v) is 7.14. The Morgan fingerprint density at radius 2 is 2.10 bits per heavy atom. The van der Waals surface area contributed by atoms with E-state index in [0.29, 0.717) is 6.04 Å². The van der Waals surface area contributed by atoms with Crippen molar-refractivity contribution in [3.8, 4) is 5.75 Å². The van der Waals surface area contributed by atoms with Crippen molar-refractivity contribution in [3.63, 3.8) is 0 Å². The zero-order valence-corrected chi connectivity index (χ0v) is 15.3. The van der Waals surface area contributed by atoms with E-state index >= 15 is 0 Å². The van der Waals surface area contributed by atoms with Crippen LogP contribution in [-0.2, 0) is 0 Å². The quantitative estimate of drug-likeness (QED) is 0.717. The fraction of sp³-hybridized carbons (Fsp3) is 0.667. The van der Waals surface area contributed by atoms with Gasteiger partial charge in [0.25, 0.3) is 0 Å². The van der Waals surface area contributed by atoms with Crippen LogP contribution in [0.2, 0.25) is 0 Å². The average molecular weight is 354 g/mol. The van der Waals surface area contributed by atoms with Crippen molar-refractivity contribution in [1.29, 1.82) is 0 Å². The number of hydrogen-bond acceptors (Lipinski definition) is 2. The van der Waals surface area contributed by atoms with E-state index < -0.39 is 0 Å². The fourth-order valence-corrected chi connectivity index (χ4v) is 3.81. The van der Waals surface area contributed by atoms with Crippen molar-refractivity contribution in [3.05, 3.63) is 27.2 Å². The smallest absolute Gasteiger partial charge is 0.126 e. The van der Waals surface area contributed by atoms with Gasteiger partial charge in [0.1, 0.15) is 5.75 Å². The van der Waals surface area contributed by atoms with Crippen molar-refractivity contribution in [2.45, 2.75) is 58.9 Å². The van der Waals surface area contributed by atoms with E-state index in [9.17, 15) is 0 Å². The van der Waals surface area contributed by atoms with Crippen molar-refractivity contribution in [1.82, 2.24) is 5.32 Å². The molecule has 1 saturated carbocycles. The predicted molar refractivity (Wildman–Crippen MR) is 93.2 cm³/mol. The number of methoxy groups -OCH3 is 1. The van der Waals surface area contributed by atoms with Gasteiger partial charge in [-0.05, 0) is 56.3 Å². The van der Waals surface area contributed by atoms with Crippen LogP contribution in [0.1, 0.15) is 61.8 Å². The maximum atomic E-state index is 5.75. The summed E-state index contributed by atoms with van der Waals surface area (Å²) in [4.78, 5) is 0. The van der Waals surface area contributed by atoms with Gasteiger partial charge in [-0.25, -0.2) is 0 Å². The first-order valence-corrected chi connectivity index (χ1v) is 8.94. The molecule has 0 aliphatic heterocycles. The number of hydrogen-bond donors (Lipinski definition) is 1. The Labute approximate surface area is 137 Å². The summed E-state index contributed by atoms with van der Waals surface area (Å²) in [6, 6.07) is 2.57. The van der Waals surface area contributed by atoms with Crippen LogP contribution in [0.4, 0.5) is 0 Å². The van der Waals surface area contributed by atoms with Gasteiger partial charge in [0.05, 0.1) is 7.11 Å². The van der Waals surface area contributed by atoms with E-state index in [4.69, 9.17) is 4.74 Å². The number of benzene rings is 1. The average Bonchev–Trinajstić information content (AvgIpc) is 2.41. The Morgan fingerprint density at radius 1 is 1.38 bits per heavy atom. The van der Waals surface area contributed by atoms with Crippen LogP contribution in [0, 0.1) is 19.8 Å². The summed E-state index contributed by atoms with van der Waals surface area (Å²) in [6.07, 6.45) is 6.57. The van der Waals surface area contributed by atoms with E-state index in [1.165, 1.54) is 46.8 Å². The maximum absolute atomic E-state index is 5.75. The molecule has 1 aromatic rings. The molecule has 1 aliphatic carbocycles. The topological polar surface area (TPSA) is 21.3 Å². The summed E-state index contributed by atoms with van der Waals surface area (Å²) in [5, 5.41) is 3.75. The van der Waals surface area contributed by atoms with Crippen LogP contribution in [0.5, 0.6) is 5.75 Å². The summed E-state index contributed by atoms with van der Waals surface area (Å²) in [7, 11) is 1.79. The molecule has 1 N–H and O–H groups in total. The molecule has 0 aromatic heterocycles. The zero-order valence-electron chi connectivity index (χ0n) is 13.8. The maximum Gasteiger partial charge on any atom is 0.126 e. The molecule has 0 spiro atoms. The van der Waals surface area contributed by atoms with Crippen molar-refractivity contribution < 1.29 is 4.74 Å². The lowest BCUT2D eigenvalue weighted by Gasteiger charge is -2.32. The monoisotopic (exact) mass is 353 g/mol. The highest BCUT2D eigenvalue weighted by molar-refractivity contribution is 9.10. The van der Waals surface area contributed by atoms with Crippen molar-refractivity contribution >= 4 is 15.9 Å². The second kappa shape index (κ2) is 7.64. The molecule has 0 saturated heterocycles. The first kappa shape index (κ1) is 16.8. The third-order valence-corrected chi connectivity index (χ3v) is 5.52. The SMILES string of the molecule is CCCNC(CC1CCC1)c1c(C)c(Br)cc(C)c1OC. The number of halogens is 1. The molecule has 1 atom stereocenters. The summed E-state index contributed by atoms with van der Waals surface area (Å²) in [5.41, 5.74) is 3.87. The van der Waals surface area contributed by atoms with Crippen LogP contribution < -0.4 is 10.1 Å². The Morgan fingerprint density at radius 3 is 2.62 bits per heavy atom. The first-order chi connectivity index (χ1) is 10.1. The Kier molecular flexibility index (Phi) is 6.12.